The van der Waals surface area contributed by atoms with E-state index in [1.165, 1.54) is 0 Å². The SMILES string of the molecule is Cc1ccsc1C(C)NCCC(F)(F)F. The van der Waals surface area contributed by atoms with E-state index < -0.39 is 12.6 Å². The smallest absolute Gasteiger partial charge is 0.309 e. The molecule has 5 heteroatoms. The molecule has 0 aliphatic heterocycles. The lowest BCUT2D eigenvalue weighted by Gasteiger charge is -2.14. The summed E-state index contributed by atoms with van der Waals surface area (Å²) in [4.78, 5) is 1.11. The monoisotopic (exact) mass is 237 g/mol. The maximum absolute atomic E-state index is 11.9. The van der Waals surface area contributed by atoms with Gasteiger partial charge in [0.25, 0.3) is 0 Å². The molecule has 86 valence electrons. The van der Waals surface area contributed by atoms with Gasteiger partial charge in [-0.3, -0.25) is 0 Å². The first-order chi connectivity index (χ1) is 6.90. The quantitative estimate of drug-likeness (QED) is 0.842. The van der Waals surface area contributed by atoms with Crippen LogP contribution in [0.5, 0.6) is 0 Å². The van der Waals surface area contributed by atoms with Crippen LogP contribution in [0.25, 0.3) is 0 Å². The highest BCUT2D eigenvalue weighted by Gasteiger charge is 2.26. The van der Waals surface area contributed by atoms with E-state index in [0.717, 1.165) is 10.4 Å². The summed E-state index contributed by atoms with van der Waals surface area (Å²) in [6.45, 7) is 3.82. The van der Waals surface area contributed by atoms with E-state index >= 15 is 0 Å². The van der Waals surface area contributed by atoms with Gasteiger partial charge in [0.2, 0.25) is 0 Å². The summed E-state index contributed by atoms with van der Waals surface area (Å²) in [5, 5.41) is 4.82. The molecule has 1 aromatic rings. The molecule has 0 aliphatic rings. The van der Waals surface area contributed by atoms with Crippen LogP contribution in [0.2, 0.25) is 0 Å². The Morgan fingerprint density at radius 2 is 2.13 bits per heavy atom. The van der Waals surface area contributed by atoms with Crippen LogP contribution >= 0.6 is 11.3 Å². The number of halogens is 3. The average molecular weight is 237 g/mol. The highest BCUT2D eigenvalue weighted by atomic mass is 32.1. The summed E-state index contributed by atoms with van der Waals surface area (Å²) >= 11 is 1.57. The molecule has 1 unspecified atom stereocenters. The third-order valence-corrected chi connectivity index (χ3v) is 3.36. The molecule has 0 bridgehead atoms. The number of hydrogen-bond donors (Lipinski definition) is 1. The zero-order valence-corrected chi connectivity index (χ0v) is 9.50. The highest BCUT2D eigenvalue weighted by molar-refractivity contribution is 7.10. The number of aryl methyl sites for hydroxylation is 1. The maximum Gasteiger partial charge on any atom is 0.390 e. The van der Waals surface area contributed by atoms with Crippen LogP contribution < -0.4 is 5.32 Å². The van der Waals surface area contributed by atoms with Crippen molar-refractivity contribution in [1.29, 1.82) is 0 Å². The summed E-state index contributed by atoms with van der Waals surface area (Å²) < 4.78 is 35.7. The third kappa shape index (κ3) is 4.22. The minimum Gasteiger partial charge on any atom is -0.309 e. The van der Waals surface area contributed by atoms with Crippen molar-refractivity contribution >= 4 is 11.3 Å². The molecule has 0 saturated heterocycles. The van der Waals surface area contributed by atoms with E-state index in [2.05, 4.69) is 5.32 Å². The summed E-state index contributed by atoms with van der Waals surface area (Å²) in [6, 6.07) is 1.97. The Labute approximate surface area is 91.3 Å². The largest absolute Gasteiger partial charge is 0.390 e. The van der Waals surface area contributed by atoms with Gasteiger partial charge in [-0.05, 0) is 30.9 Å². The van der Waals surface area contributed by atoms with Crippen molar-refractivity contribution in [2.24, 2.45) is 0 Å². The van der Waals surface area contributed by atoms with Gasteiger partial charge >= 0.3 is 6.18 Å². The molecule has 1 aromatic heterocycles. The van der Waals surface area contributed by atoms with Crippen LogP contribution in [0.4, 0.5) is 13.2 Å². The standard InChI is InChI=1S/C10H14F3NS/c1-7-3-6-15-9(7)8(2)14-5-4-10(11,12)13/h3,6,8,14H,4-5H2,1-2H3. The first kappa shape index (κ1) is 12.5. The number of hydrogen-bond acceptors (Lipinski definition) is 2. The first-order valence-electron chi connectivity index (χ1n) is 4.74. The topological polar surface area (TPSA) is 12.0 Å². The predicted octanol–water partition coefficient (Wildman–Crippen LogP) is 3.66. The van der Waals surface area contributed by atoms with Gasteiger partial charge < -0.3 is 5.32 Å². The van der Waals surface area contributed by atoms with E-state index in [9.17, 15) is 13.2 Å². The Kier molecular flexibility index (Phi) is 4.16. The number of alkyl halides is 3. The van der Waals surface area contributed by atoms with E-state index in [1.54, 1.807) is 11.3 Å². The van der Waals surface area contributed by atoms with Crippen LogP contribution in [-0.4, -0.2) is 12.7 Å². The second-order valence-electron chi connectivity index (χ2n) is 3.51. The van der Waals surface area contributed by atoms with Crippen LogP contribution in [0.1, 0.15) is 29.8 Å². The van der Waals surface area contributed by atoms with Crippen molar-refractivity contribution in [1.82, 2.24) is 5.32 Å². The zero-order chi connectivity index (χ0) is 11.5. The van der Waals surface area contributed by atoms with Crippen molar-refractivity contribution in [3.05, 3.63) is 21.9 Å². The molecule has 1 atom stereocenters. The van der Waals surface area contributed by atoms with Gasteiger partial charge in [-0.1, -0.05) is 0 Å². The van der Waals surface area contributed by atoms with Crippen molar-refractivity contribution in [3.8, 4) is 0 Å². The van der Waals surface area contributed by atoms with Gasteiger partial charge in [0.05, 0.1) is 6.42 Å². The van der Waals surface area contributed by atoms with Crippen molar-refractivity contribution in [3.63, 3.8) is 0 Å². The lowest BCUT2D eigenvalue weighted by molar-refractivity contribution is -0.133. The second kappa shape index (κ2) is 4.99. The lowest BCUT2D eigenvalue weighted by Crippen LogP contribution is -2.24. The maximum atomic E-state index is 11.9. The fourth-order valence-corrected chi connectivity index (χ4v) is 2.31. The molecular weight excluding hydrogens is 223 g/mol. The highest BCUT2D eigenvalue weighted by Crippen LogP contribution is 2.24. The summed E-state index contributed by atoms with van der Waals surface area (Å²) in [6.07, 6.45) is -4.85. The van der Waals surface area contributed by atoms with Crippen LogP contribution in [0.3, 0.4) is 0 Å². The average Bonchev–Trinajstić information content (AvgIpc) is 2.48. The Morgan fingerprint density at radius 1 is 1.47 bits per heavy atom. The molecule has 1 rings (SSSR count). The van der Waals surface area contributed by atoms with Gasteiger partial charge in [0.15, 0.2) is 0 Å². The predicted molar refractivity (Wildman–Crippen MR) is 56.1 cm³/mol. The van der Waals surface area contributed by atoms with Crippen molar-refractivity contribution in [2.75, 3.05) is 6.54 Å². The molecule has 1 nitrogen and oxygen atoms in total. The molecule has 1 N–H and O–H groups in total. The second-order valence-corrected chi connectivity index (χ2v) is 4.46. The Hall–Kier alpha value is -0.550. The molecule has 0 spiro atoms. The first-order valence-corrected chi connectivity index (χ1v) is 5.62. The van der Waals surface area contributed by atoms with E-state index in [0.29, 0.717) is 0 Å². The molecule has 1 heterocycles. The van der Waals surface area contributed by atoms with Gasteiger partial charge in [0.1, 0.15) is 0 Å². The van der Waals surface area contributed by atoms with Gasteiger partial charge in [-0.25, -0.2) is 0 Å². The van der Waals surface area contributed by atoms with Crippen molar-refractivity contribution < 1.29 is 13.2 Å². The van der Waals surface area contributed by atoms with E-state index in [-0.39, 0.29) is 12.6 Å². The lowest BCUT2D eigenvalue weighted by atomic mass is 10.2. The fraction of sp³-hybridized carbons (Fsp3) is 0.600. The normalized spacial score (nSPS) is 14.2. The Balaban J connectivity index is 2.37. The van der Waals surface area contributed by atoms with Crippen LogP contribution in [0, 0.1) is 6.92 Å². The summed E-state index contributed by atoms with van der Waals surface area (Å²) in [5.74, 6) is 0. The molecule has 0 amide bonds. The summed E-state index contributed by atoms with van der Waals surface area (Å²) in [7, 11) is 0. The molecule has 15 heavy (non-hydrogen) atoms. The van der Waals surface area contributed by atoms with Crippen LogP contribution in [-0.2, 0) is 0 Å². The van der Waals surface area contributed by atoms with Gasteiger partial charge in [-0.15, -0.1) is 11.3 Å². The number of nitrogens with one attached hydrogen (secondary N) is 1. The molecule has 0 radical (unpaired) electrons. The summed E-state index contributed by atoms with van der Waals surface area (Å²) in [5.41, 5.74) is 1.13. The van der Waals surface area contributed by atoms with Crippen molar-refractivity contribution in [2.45, 2.75) is 32.5 Å². The number of rotatable bonds is 4. The van der Waals surface area contributed by atoms with E-state index in [4.69, 9.17) is 0 Å². The molecular formula is C10H14F3NS. The molecule has 0 aromatic carbocycles. The van der Waals surface area contributed by atoms with Gasteiger partial charge in [0, 0.05) is 17.5 Å². The minimum absolute atomic E-state index is 0.00708. The van der Waals surface area contributed by atoms with Crippen LogP contribution in [0.15, 0.2) is 11.4 Å². The molecule has 0 fully saturated rings. The molecule has 0 aliphatic carbocycles. The Morgan fingerprint density at radius 3 is 2.60 bits per heavy atom. The fourth-order valence-electron chi connectivity index (χ4n) is 1.35. The minimum atomic E-state index is -4.07. The zero-order valence-electron chi connectivity index (χ0n) is 8.69. The number of thiophene rings is 1. The van der Waals surface area contributed by atoms with E-state index in [1.807, 2.05) is 25.3 Å². The van der Waals surface area contributed by atoms with Gasteiger partial charge in [-0.2, -0.15) is 13.2 Å². The molecule has 0 saturated carbocycles. The third-order valence-electron chi connectivity index (χ3n) is 2.15. The Bertz CT molecular complexity index is 306.